The van der Waals surface area contributed by atoms with E-state index in [1.807, 2.05) is 68.4 Å². The third-order valence-electron chi connectivity index (χ3n) is 12.4. The van der Waals surface area contributed by atoms with Gasteiger partial charge in [-0.15, -0.1) is 0 Å². The van der Waals surface area contributed by atoms with E-state index in [4.69, 9.17) is 14.2 Å². The predicted octanol–water partition coefficient (Wildman–Crippen LogP) is 12.7. The largest absolute Gasteiger partial charge is 0.508 e. The quantitative estimate of drug-likeness (QED) is 0.0880. The molecule has 4 N–H and O–H groups in total. The van der Waals surface area contributed by atoms with Crippen molar-refractivity contribution in [2.75, 3.05) is 19.8 Å². The van der Waals surface area contributed by atoms with Gasteiger partial charge in [-0.25, -0.2) is 0 Å². The van der Waals surface area contributed by atoms with Crippen LogP contribution in [0.4, 0.5) is 0 Å². The number of hydrogen-bond donors (Lipinski definition) is 4. The van der Waals surface area contributed by atoms with Crippen LogP contribution >= 0.6 is 0 Å². The normalized spacial score (nSPS) is 17.8. The Morgan fingerprint density at radius 3 is 1.62 bits per heavy atom. The molecular weight excluding hydrogens is 753 g/mol. The van der Waals surface area contributed by atoms with Gasteiger partial charge < -0.3 is 34.6 Å². The van der Waals surface area contributed by atoms with Crippen LogP contribution in [0.3, 0.4) is 0 Å². The average Bonchev–Trinajstić information content (AvgIpc) is 3.29. The second kappa shape index (κ2) is 28.1. The summed E-state index contributed by atoms with van der Waals surface area (Å²) in [6, 6.07) is 20.2. The Balaban J connectivity index is 0.000000198. The number of hydrogen-bond acceptors (Lipinski definition) is 8. The smallest absolute Gasteiger partial charge is 0.163 e. The molecule has 0 spiro atoms. The lowest BCUT2D eigenvalue weighted by Crippen LogP contribution is -2.17. The number of benzene rings is 3. The fraction of sp³-hybridized carbons (Fsp3) is 0.635. The minimum atomic E-state index is -0.835. The Hall–Kier alpha value is -3.59. The number of carbonyl (C=O) groups excluding carboxylic acids is 1. The molecular formula is C52H78O8. The number of aliphatic hydroxyl groups excluding tert-OH is 3. The van der Waals surface area contributed by atoms with E-state index in [-0.39, 0.29) is 11.5 Å². The van der Waals surface area contributed by atoms with Crippen molar-refractivity contribution in [3.63, 3.8) is 0 Å². The van der Waals surface area contributed by atoms with Gasteiger partial charge in [-0.05, 0) is 123 Å². The van der Waals surface area contributed by atoms with Crippen molar-refractivity contribution >= 4 is 5.78 Å². The first-order valence-electron chi connectivity index (χ1n) is 23.7. The van der Waals surface area contributed by atoms with Crippen LogP contribution in [0.2, 0.25) is 0 Å². The van der Waals surface area contributed by atoms with Crippen LogP contribution in [0.1, 0.15) is 189 Å². The van der Waals surface area contributed by atoms with Gasteiger partial charge in [0, 0.05) is 18.1 Å². The van der Waals surface area contributed by atoms with Gasteiger partial charge in [0.05, 0.1) is 32.0 Å². The summed E-state index contributed by atoms with van der Waals surface area (Å²) < 4.78 is 17.6. The molecule has 334 valence electrons. The fourth-order valence-electron chi connectivity index (χ4n) is 8.50. The molecule has 3 fully saturated rings. The summed E-state index contributed by atoms with van der Waals surface area (Å²) in [6.07, 6.45) is 22.3. The molecule has 0 saturated heterocycles. The molecule has 3 aromatic carbocycles. The number of phenols is 1. The molecule has 8 nitrogen and oxygen atoms in total. The number of phenolic OH excluding ortho intramolecular Hbond substituents is 1. The van der Waals surface area contributed by atoms with Crippen LogP contribution in [0.25, 0.3) is 0 Å². The SMILES string of the molecule is CCCCC(=O)c1cccc(OCC2CCCCC2)c1.CCC[C@@H](O)c1cc(O)cc(OCC2CCCCC2)c1.CC[C@@H](O)[C@@H](O)c1cccc(OCC2CCCCC2)c1. The van der Waals surface area contributed by atoms with Gasteiger partial charge in [-0.3, -0.25) is 4.79 Å². The molecule has 6 rings (SSSR count). The van der Waals surface area contributed by atoms with E-state index in [9.17, 15) is 25.2 Å². The maximum atomic E-state index is 12.0. The number of aliphatic hydroxyl groups is 3. The Labute approximate surface area is 362 Å². The van der Waals surface area contributed by atoms with E-state index in [0.29, 0.717) is 49.4 Å². The lowest BCUT2D eigenvalue weighted by atomic mass is 9.90. The molecule has 0 bridgehead atoms. The van der Waals surface area contributed by atoms with Crippen molar-refractivity contribution in [3.8, 4) is 23.0 Å². The van der Waals surface area contributed by atoms with Crippen LogP contribution in [0, 0.1) is 17.8 Å². The lowest BCUT2D eigenvalue weighted by molar-refractivity contribution is 0.0163. The molecule has 0 radical (unpaired) electrons. The highest BCUT2D eigenvalue weighted by molar-refractivity contribution is 5.96. The zero-order valence-electron chi connectivity index (χ0n) is 37.2. The number of Topliss-reactive ketones (excluding diaryl/α,β-unsaturated/α-hetero) is 1. The summed E-state index contributed by atoms with van der Waals surface area (Å²) in [6.45, 7) is 8.27. The van der Waals surface area contributed by atoms with Gasteiger partial charge in [0.25, 0.3) is 0 Å². The van der Waals surface area contributed by atoms with Gasteiger partial charge >= 0.3 is 0 Å². The van der Waals surface area contributed by atoms with Crippen molar-refractivity contribution in [2.45, 2.75) is 174 Å². The third-order valence-corrected chi connectivity index (χ3v) is 12.4. The monoisotopic (exact) mass is 831 g/mol. The molecule has 0 aromatic heterocycles. The van der Waals surface area contributed by atoms with Crippen LogP contribution in [-0.4, -0.2) is 52.1 Å². The number of unbranched alkanes of at least 4 members (excludes halogenated alkanes) is 1. The summed E-state index contributed by atoms with van der Waals surface area (Å²) in [5.41, 5.74) is 2.26. The minimum Gasteiger partial charge on any atom is -0.508 e. The molecule has 3 aromatic rings. The topological polar surface area (TPSA) is 126 Å². The van der Waals surface area contributed by atoms with Crippen molar-refractivity contribution in [1.82, 2.24) is 0 Å². The highest BCUT2D eigenvalue weighted by Gasteiger charge is 2.19. The number of carbonyl (C=O) groups is 1. The number of aromatic hydroxyl groups is 1. The summed E-state index contributed by atoms with van der Waals surface area (Å²) >= 11 is 0. The first kappa shape index (κ1) is 49.1. The van der Waals surface area contributed by atoms with E-state index < -0.39 is 18.3 Å². The second-order valence-electron chi connectivity index (χ2n) is 17.6. The summed E-state index contributed by atoms with van der Waals surface area (Å²) in [7, 11) is 0. The van der Waals surface area contributed by atoms with E-state index in [1.165, 1.54) is 96.3 Å². The van der Waals surface area contributed by atoms with Crippen molar-refractivity contribution in [1.29, 1.82) is 0 Å². The van der Waals surface area contributed by atoms with Crippen molar-refractivity contribution in [2.24, 2.45) is 17.8 Å². The Morgan fingerprint density at radius 2 is 1.10 bits per heavy atom. The first-order valence-corrected chi connectivity index (χ1v) is 23.7. The molecule has 3 aliphatic rings. The van der Waals surface area contributed by atoms with Gasteiger partial charge in [-0.2, -0.15) is 0 Å². The highest BCUT2D eigenvalue weighted by Crippen LogP contribution is 2.31. The third kappa shape index (κ3) is 18.2. The van der Waals surface area contributed by atoms with E-state index >= 15 is 0 Å². The highest BCUT2D eigenvalue weighted by atomic mass is 16.5. The lowest BCUT2D eigenvalue weighted by Gasteiger charge is -2.22. The Bertz CT molecular complexity index is 1610. The predicted molar refractivity (Wildman–Crippen MR) is 242 cm³/mol. The first-order chi connectivity index (χ1) is 29.2. The summed E-state index contributed by atoms with van der Waals surface area (Å²) in [4.78, 5) is 12.0. The fourth-order valence-corrected chi connectivity index (χ4v) is 8.50. The maximum Gasteiger partial charge on any atom is 0.163 e. The van der Waals surface area contributed by atoms with Gasteiger partial charge in [0.15, 0.2) is 5.78 Å². The molecule has 3 aliphatic carbocycles. The zero-order valence-corrected chi connectivity index (χ0v) is 37.2. The Kier molecular flexibility index (Phi) is 23.0. The van der Waals surface area contributed by atoms with Gasteiger partial charge in [-0.1, -0.05) is 116 Å². The van der Waals surface area contributed by atoms with E-state index in [1.54, 1.807) is 12.1 Å². The molecule has 3 saturated carbocycles. The standard InChI is InChI=1S/C18H26O2.2C17H26O3/c1-2-3-12-18(19)16-10-7-11-17(13-16)20-14-15-8-5-4-6-9-15;1-2-16(18)17(19)14-9-6-10-15(11-14)20-12-13-7-4-3-5-8-13;1-2-6-17(19)14-9-15(18)11-16(10-14)20-12-13-7-4-3-5-8-13/h7,10-11,13,15H,2-6,8-9,12,14H2,1H3;6,9-11,13,16-19H,2-5,7-8,12H2,1H3;9-11,13,17-19H,2-8,12H2,1H3/t;16-,17+;17-/m.11/s1. The summed E-state index contributed by atoms with van der Waals surface area (Å²) in [5, 5.41) is 39.5. The maximum absolute atomic E-state index is 12.0. The molecule has 0 unspecified atom stereocenters. The van der Waals surface area contributed by atoms with E-state index in [2.05, 4.69) is 6.92 Å². The molecule has 0 aliphatic heterocycles. The molecule has 3 atom stereocenters. The van der Waals surface area contributed by atoms with Crippen molar-refractivity contribution in [3.05, 3.63) is 83.4 Å². The molecule has 60 heavy (non-hydrogen) atoms. The van der Waals surface area contributed by atoms with Gasteiger partial charge in [0.2, 0.25) is 0 Å². The van der Waals surface area contributed by atoms with Crippen LogP contribution < -0.4 is 14.2 Å². The molecule has 0 amide bonds. The Morgan fingerprint density at radius 1 is 0.600 bits per heavy atom. The van der Waals surface area contributed by atoms with Crippen LogP contribution in [0.15, 0.2) is 66.7 Å². The van der Waals surface area contributed by atoms with Crippen LogP contribution in [0.5, 0.6) is 23.0 Å². The zero-order chi connectivity index (χ0) is 43.0. The van der Waals surface area contributed by atoms with Gasteiger partial charge in [0.1, 0.15) is 29.1 Å². The summed E-state index contributed by atoms with van der Waals surface area (Å²) in [5.74, 6) is 4.69. The minimum absolute atomic E-state index is 0.163. The van der Waals surface area contributed by atoms with Crippen molar-refractivity contribution < 1.29 is 39.4 Å². The number of ether oxygens (including phenoxy) is 3. The average molecular weight is 831 g/mol. The van der Waals surface area contributed by atoms with Crippen LogP contribution in [-0.2, 0) is 0 Å². The molecule has 8 heteroatoms. The molecule has 0 heterocycles. The number of rotatable bonds is 19. The number of ketones is 1. The second-order valence-corrected chi connectivity index (χ2v) is 17.6. The van der Waals surface area contributed by atoms with E-state index in [0.717, 1.165) is 60.7 Å².